The van der Waals surface area contributed by atoms with E-state index in [1.807, 2.05) is 18.1 Å². The molecule has 0 aromatic rings. The van der Waals surface area contributed by atoms with E-state index in [2.05, 4.69) is 60.4 Å². The van der Waals surface area contributed by atoms with Gasteiger partial charge in [-0.2, -0.15) is 0 Å². The molecule has 0 heterocycles. The summed E-state index contributed by atoms with van der Waals surface area (Å²) in [6, 6.07) is 0.345. The Morgan fingerprint density at radius 3 is 2.13 bits per heavy atom. The normalized spacial score (nSPS) is 15.3. The Hall–Kier alpha value is -0.840. The molecule has 0 aliphatic heterocycles. The van der Waals surface area contributed by atoms with Crippen molar-refractivity contribution < 1.29 is 0 Å². The molecule has 136 valence electrons. The second-order valence-corrected chi connectivity index (χ2v) is 8.57. The van der Waals surface area contributed by atoms with E-state index in [0.29, 0.717) is 24.2 Å². The number of hydrogen-bond acceptors (Lipinski definition) is 4. The third kappa shape index (κ3) is 8.00. The molecule has 0 fully saturated rings. The van der Waals surface area contributed by atoms with Gasteiger partial charge >= 0.3 is 0 Å². The number of nitrogens with one attached hydrogen (secondary N) is 1. The summed E-state index contributed by atoms with van der Waals surface area (Å²) in [6.07, 6.45) is 3.08. The van der Waals surface area contributed by atoms with Gasteiger partial charge in [-0.1, -0.05) is 48.1 Å². The molecule has 0 spiro atoms. The molecule has 0 aromatic carbocycles. The fourth-order valence-corrected chi connectivity index (χ4v) is 2.86. The van der Waals surface area contributed by atoms with Crippen molar-refractivity contribution in [2.75, 3.05) is 20.1 Å². The molecular formula is C19H40N4. The zero-order valence-corrected chi connectivity index (χ0v) is 16.7. The van der Waals surface area contributed by atoms with E-state index in [4.69, 9.17) is 11.6 Å². The van der Waals surface area contributed by atoms with Crippen molar-refractivity contribution >= 4 is 0 Å². The predicted octanol–water partition coefficient (Wildman–Crippen LogP) is 3.27. The number of allylic oxidation sites excluding steroid dienone is 1. The van der Waals surface area contributed by atoms with Crippen molar-refractivity contribution in [2.45, 2.75) is 60.9 Å². The lowest BCUT2D eigenvalue weighted by Crippen LogP contribution is -2.44. The summed E-state index contributed by atoms with van der Waals surface area (Å²) in [5.74, 6) is 6.84. The van der Waals surface area contributed by atoms with Crippen LogP contribution in [0.1, 0.15) is 54.9 Å². The zero-order chi connectivity index (χ0) is 18.4. The monoisotopic (exact) mass is 324 g/mol. The van der Waals surface area contributed by atoms with Crippen LogP contribution in [0.4, 0.5) is 0 Å². The summed E-state index contributed by atoms with van der Waals surface area (Å²) in [7, 11) is 1.95. The maximum absolute atomic E-state index is 6.23. The second kappa shape index (κ2) is 8.86. The lowest BCUT2D eigenvalue weighted by atomic mass is 9.66. The van der Waals surface area contributed by atoms with E-state index < -0.39 is 0 Å². The van der Waals surface area contributed by atoms with Gasteiger partial charge < -0.3 is 11.1 Å². The van der Waals surface area contributed by atoms with Crippen molar-refractivity contribution in [2.24, 2.45) is 28.3 Å². The van der Waals surface area contributed by atoms with Gasteiger partial charge in [0.2, 0.25) is 0 Å². The zero-order valence-electron chi connectivity index (χ0n) is 16.7. The minimum absolute atomic E-state index is 0.0105. The van der Waals surface area contributed by atoms with Crippen LogP contribution in [0.15, 0.2) is 23.9 Å². The highest BCUT2D eigenvalue weighted by atomic mass is 15.4. The fourth-order valence-electron chi connectivity index (χ4n) is 2.86. The van der Waals surface area contributed by atoms with E-state index in [1.54, 1.807) is 0 Å². The number of nitrogens with two attached hydrogens (primary N) is 2. The van der Waals surface area contributed by atoms with Crippen molar-refractivity contribution in [3.63, 3.8) is 0 Å². The van der Waals surface area contributed by atoms with E-state index in [9.17, 15) is 0 Å². The standard InChI is InChI=1S/C19H40N4/c1-14(2)18(5,6)13-19(7,8)17(10-15(3)20)12-23(21)11-16(4)22-9/h10,14,16,22H,3,11-13,20-21H2,1-2,4-9H3/b17-10+. The van der Waals surface area contributed by atoms with Crippen LogP contribution < -0.4 is 16.9 Å². The summed E-state index contributed by atoms with van der Waals surface area (Å²) < 4.78 is 0. The number of hydrazine groups is 1. The molecule has 0 aliphatic carbocycles. The van der Waals surface area contributed by atoms with Crippen LogP contribution in [0.2, 0.25) is 0 Å². The maximum atomic E-state index is 6.23. The molecule has 0 aliphatic rings. The van der Waals surface area contributed by atoms with Gasteiger partial charge in [0.05, 0.1) is 0 Å². The third-order valence-corrected chi connectivity index (χ3v) is 5.06. The Balaban J connectivity index is 5.27. The molecule has 5 N–H and O–H groups in total. The van der Waals surface area contributed by atoms with Gasteiger partial charge in [0.25, 0.3) is 0 Å². The molecule has 0 saturated carbocycles. The summed E-state index contributed by atoms with van der Waals surface area (Å²) in [5, 5.41) is 5.08. The fraction of sp³-hybridized carbons (Fsp3) is 0.789. The van der Waals surface area contributed by atoms with E-state index in [0.717, 1.165) is 13.0 Å². The summed E-state index contributed by atoms with van der Waals surface area (Å²) in [5.41, 5.74) is 7.96. The van der Waals surface area contributed by atoms with Crippen LogP contribution in [0, 0.1) is 16.7 Å². The Kier molecular flexibility index (Phi) is 8.53. The van der Waals surface area contributed by atoms with Crippen LogP contribution in [-0.4, -0.2) is 31.2 Å². The maximum Gasteiger partial charge on any atom is 0.0348 e. The van der Waals surface area contributed by atoms with Crippen LogP contribution in [0.3, 0.4) is 0 Å². The highest BCUT2D eigenvalue weighted by Gasteiger charge is 2.34. The Morgan fingerprint density at radius 2 is 1.74 bits per heavy atom. The lowest BCUT2D eigenvalue weighted by Gasteiger charge is -2.40. The van der Waals surface area contributed by atoms with Crippen molar-refractivity contribution in [3.05, 3.63) is 23.9 Å². The van der Waals surface area contributed by atoms with Crippen LogP contribution in [0.25, 0.3) is 0 Å². The van der Waals surface area contributed by atoms with Crippen molar-refractivity contribution in [1.29, 1.82) is 0 Å². The summed E-state index contributed by atoms with van der Waals surface area (Å²) in [6.45, 7) is 21.2. The average molecular weight is 325 g/mol. The van der Waals surface area contributed by atoms with Gasteiger partial charge in [-0.3, -0.25) is 5.84 Å². The molecule has 0 saturated heterocycles. The molecule has 23 heavy (non-hydrogen) atoms. The van der Waals surface area contributed by atoms with Crippen molar-refractivity contribution in [3.8, 4) is 0 Å². The Labute approximate surface area is 144 Å². The molecule has 0 amide bonds. The van der Waals surface area contributed by atoms with Gasteiger partial charge in [-0.15, -0.1) is 0 Å². The van der Waals surface area contributed by atoms with Gasteiger partial charge in [-0.05, 0) is 48.8 Å². The quantitative estimate of drug-likeness (QED) is 0.328. The van der Waals surface area contributed by atoms with Gasteiger partial charge in [-0.25, -0.2) is 5.01 Å². The van der Waals surface area contributed by atoms with Crippen LogP contribution >= 0.6 is 0 Å². The van der Waals surface area contributed by atoms with Crippen LogP contribution in [-0.2, 0) is 0 Å². The van der Waals surface area contributed by atoms with Gasteiger partial charge in [0.15, 0.2) is 0 Å². The minimum Gasteiger partial charge on any atom is -0.399 e. The Morgan fingerprint density at radius 1 is 1.22 bits per heavy atom. The molecule has 0 radical (unpaired) electrons. The lowest BCUT2D eigenvalue weighted by molar-refractivity contribution is 0.151. The Bertz CT molecular complexity index is 408. The number of hydrogen-bond donors (Lipinski definition) is 3. The molecule has 0 rings (SSSR count). The first-order valence-corrected chi connectivity index (χ1v) is 8.64. The predicted molar refractivity (Wildman–Crippen MR) is 103 cm³/mol. The second-order valence-electron chi connectivity index (χ2n) is 8.57. The SMILES string of the molecule is C=C(N)/C=C(\CN(N)CC(C)NC)C(C)(C)CC(C)(C)C(C)C. The first-order valence-electron chi connectivity index (χ1n) is 8.64. The number of likely N-dealkylation sites (N-methyl/N-ethyl adjacent to an activating group) is 1. The number of nitrogens with zero attached hydrogens (tertiary/aromatic N) is 1. The largest absolute Gasteiger partial charge is 0.399 e. The summed E-state index contributed by atoms with van der Waals surface area (Å²) >= 11 is 0. The minimum atomic E-state index is 0.0105. The molecular weight excluding hydrogens is 284 g/mol. The molecule has 4 heteroatoms. The molecule has 0 aromatic heterocycles. The highest BCUT2D eigenvalue weighted by Crippen LogP contribution is 2.43. The van der Waals surface area contributed by atoms with Crippen LogP contribution in [0.5, 0.6) is 0 Å². The highest BCUT2D eigenvalue weighted by molar-refractivity contribution is 5.24. The number of rotatable bonds is 10. The molecule has 1 unspecified atom stereocenters. The topological polar surface area (TPSA) is 67.3 Å². The first-order chi connectivity index (χ1) is 10.3. The van der Waals surface area contributed by atoms with E-state index >= 15 is 0 Å². The molecule has 4 nitrogen and oxygen atoms in total. The van der Waals surface area contributed by atoms with E-state index in [1.165, 1.54) is 5.57 Å². The first kappa shape index (κ1) is 22.2. The summed E-state index contributed by atoms with van der Waals surface area (Å²) in [4.78, 5) is 0. The smallest absolute Gasteiger partial charge is 0.0348 e. The van der Waals surface area contributed by atoms with Crippen molar-refractivity contribution in [1.82, 2.24) is 10.3 Å². The van der Waals surface area contributed by atoms with Gasteiger partial charge in [0, 0.05) is 24.8 Å². The van der Waals surface area contributed by atoms with Gasteiger partial charge in [0.1, 0.15) is 0 Å². The average Bonchev–Trinajstić information content (AvgIpc) is 2.35. The molecule has 0 bridgehead atoms. The molecule has 1 atom stereocenters. The third-order valence-electron chi connectivity index (χ3n) is 5.06. The van der Waals surface area contributed by atoms with E-state index in [-0.39, 0.29) is 10.8 Å².